The van der Waals surface area contributed by atoms with Crippen molar-refractivity contribution in [2.45, 2.75) is 156 Å². The van der Waals surface area contributed by atoms with Crippen molar-refractivity contribution in [3.8, 4) is 50.2 Å². The fourth-order valence-electron chi connectivity index (χ4n) is 15.7. The summed E-state index contributed by atoms with van der Waals surface area (Å²) in [5.74, 6) is 0. The van der Waals surface area contributed by atoms with Crippen LogP contribution in [0.5, 0.6) is 0 Å². The number of benzene rings is 11. The lowest BCUT2D eigenvalue weighted by Gasteiger charge is -2.46. The maximum Gasteiger partial charge on any atom is 0.252 e. The standard InChI is InChI=1S/C90H92BN3/c1-5-9-13-21-35-65-51-56-82-78(59-65)79-60-66(36-22-14-10-6-2)52-57-83(79)92(82)73-54-55-80-85(64-73)94(90-76(71-43-29-19-30-44-71)49-34-50-77(90)72-45-31-20-32-46-72)87-63-68(38-24-16-12-8-4)62-86-88(87)91(80)81-61-67(37-23-15-11-7-3)53-58-84(81)93(86)89-74(69-39-25-17-26-40-69)47-33-48-75(89)70-41-27-18-28-42-70/h17-20,25-34,39-64H,5-16,21-24,35-38H2,1-4H3. The lowest BCUT2D eigenvalue weighted by molar-refractivity contribution is 0.667. The summed E-state index contributed by atoms with van der Waals surface area (Å²) in [6.07, 6.45) is 23.9. The first-order chi connectivity index (χ1) is 46.5. The molecule has 0 bridgehead atoms. The van der Waals surface area contributed by atoms with Crippen LogP contribution in [0.25, 0.3) is 72.0 Å². The number of hydrogen-bond acceptors (Lipinski definition) is 2. The third kappa shape index (κ3) is 12.5. The molecule has 14 rings (SSSR count). The van der Waals surface area contributed by atoms with Gasteiger partial charge < -0.3 is 14.4 Å². The van der Waals surface area contributed by atoms with E-state index >= 15 is 0 Å². The largest absolute Gasteiger partial charge is 0.310 e. The molecule has 0 radical (unpaired) electrons. The van der Waals surface area contributed by atoms with Gasteiger partial charge in [-0.3, -0.25) is 0 Å². The zero-order valence-electron chi connectivity index (χ0n) is 56.2. The molecular formula is C90H92BN3. The van der Waals surface area contributed by atoms with Crippen LogP contribution in [0.2, 0.25) is 0 Å². The summed E-state index contributed by atoms with van der Waals surface area (Å²) < 4.78 is 2.62. The van der Waals surface area contributed by atoms with E-state index in [-0.39, 0.29) is 6.71 Å². The number of aromatic nitrogens is 1. The second kappa shape index (κ2) is 29.0. The Bertz CT molecular complexity index is 4380. The van der Waals surface area contributed by atoms with Crippen LogP contribution >= 0.6 is 0 Å². The maximum atomic E-state index is 2.77. The molecule has 0 aliphatic carbocycles. The number of fused-ring (bicyclic) bond motifs is 7. The van der Waals surface area contributed by atoms with Crippen molar-refractivity contribution in [3.05, 3.63) is 265 Å². The first-order valence-corrected chi connectivity index (χ1v) is 36.1. The van der Waals surface area contributed by atoms with E-state index in [1.165, 1.54) is 241 Å². The van der Waals surface area contributed by atoms with Gasteiger partial charge in [0.05, 0.1) is 22.4 Å². The van der Waals surface area contributed by atoms with Crippen LogP contribution in [-0.2, 0) is 25.7 Å². The third-order valence-corrected chi connectivity index (χ3v) is 20.5. The van der Waals surface area contributed by atoms with Crippen LogP contribution in [-0.4, -0.2) is 11.3 Å². The fourth-order valence-corrected chi connectivity index (χ4v) is 15.7. The molecule has 11 aromatic carbocycles. The molecule has 0 spiro atoms. The number of hydrogen-bond donors (Lipinski definition) is 0. The normalized spacial score (nSPS) is 12.4. The summed E-state index contributed by atoms with van der Waals surface area (Å²) >= 11 is 0. The Morgan fingerprint density at radius 3 is 1.07 bits per heavy atom. The Balaban J connectivity index is 1.09. The molecule has 94 heavy (non-hydrogen) atoms. The molecule has 12 aromatic rings. The molecule has 0 N–H and O–H groups in total. The summed E-state index contributed by atoms with van der Waals surface area (Å²) in [5.41, 5.74) is 30.4. The smallest absolute Gasteiger partial charge is 0.252 e. The van der Waals surface area contributed by atoms with Crippen LogP contribution in [0.4, 0.5) is 34.1 Å². The monoisotopic (exact) mass is 1230 g/mol. The van der Waals surface area contributed by atoms with E-state index < -0.39 is 0 Å². The second-order valence-corrected chi connectivity index (χ2v) is 26.9. The van der Waals surface area contributed by atoms with Gasteiger partial charge in [-0.05, 0) is 167 Å². The van der Waals surface area contributed by atoms with Crippen molar-refractivity contribution < 1.29 is 0 Å². The minimum atomic E-state index is -0.0851. The molecule has 2 aliphatic heterocycles. The van der Waals surface area contributed by atoms with Crippen molar-refractivity contribution in [2.75, 3.05) is 9.80 Å². The Hall–Kier alpha value is -9.12. The van der Waals surface area contributed by atoms with Gasteiger partial charge in [0.2, 0.25) is 0 Å². The van der Waals surface area contributed by atoms with Gasteiger partial charge in [-0.25, -0.2) is 0 Å². The van der Waals surface area contributed by atoms with Crippen LogP contribution < -0.4 is 26.2 Å². The predicted molar refractivity (Wildman–Crippen MR) is 408 cm³/mol. The minimum absolute atomic E-state index is 0.0851. The van der Waals surface area contributed by atoms with Gasteiger partial charge in [0.1, 0.15) is 0 Å². The first kappa shape index (κ1) is 62.3. The number of anilines is 6. The van der Waals surface area contributed by atoms with Crippen molar-refractivity contribution in [1.29, 1.82) is 0 Å². The van der Waals surface area contributed by atoms with E-state index in [2.05, 4.69) is 285 Å². The molecule has 0 saturated carbocycles. The van der Waals surface area contributed by atoms with E-state index in [0.717, 1.165) is 32.1 Å². The number of aryl methyl sites for hydroxylation is 4. The summed E-state index contributed by atoms with van der Waals surface area (Å²) in [6, 6.07) is 94.3. The quantitative estimate of drug-likeness (QED) is 0.0376. The van der Waals surface area contributed by atoms with Crippen molar-refractivity contribution in [2.24, 2.45) is 0 Å². The number of unbranched alkanes of at least 4 members (excludes halogenated alkanes) is 12. The number of para-hydroxylation sites is 2. The maximum absolute atomic E-state index is 2.77. The Kier molecular flexibility index (Phi) is 19.3. The molecular weight excluding hydrogens is 1130 g/mol. The van der Waals surface area contributed by atoms with E-state index in [0.29, 0.717) is 0 Å². The lowest BCUT2D eigenvalue weighted by atomic mass is 9.33. The average Bonchev–Trinajstić information content (AvgIpc) is 0.696. The minimum Gasteiger partial charge on any atom is -0.310 e. The fraction of sp³-hybridized carbons (Fsp3) is 0.267. The van der Waals surface area contributed by atoms with Crippen molar-refractivity contribution in [3.63, 3.8) is 0 Å². The average molecular weight is 1230 g/mol. The molecule has 0 atom stereocenters. The van der Waals surface area contributed by atoms with E-state index in [1.807, 2.05) is 0 Å². The van der Waals surface area contributed by atoms with Crippen LogP contribution in [0.15, 0.2) is 243 Å². The molecule has 0 fully saturated rings. The molecule has 3 nitrogen and oxygen atoms in total. The molecule has 470 valence electrons. The van der Waals surface area contributed by atoms with Gasteiger partial charge in [-0.1, -0.05) is 293 Å². The van der Waals surface area contributed by atoms with Crippen molar-refractivity contribution >= 4 is 79.0 Å². The summed E-state index contributed by atoms with van der Waals surface area (Å²) in [5, 5.41) is 2.71. The zero-order valence-corrected chi connectivity index (χ0v) is 56.2. The topological polar surface area (TPSA) is 11.4 Å². The van der Waals surface area contributed by atoms with Gasteiger partial charge in [-0.2, -0.15) is 0 Å². The highest BCUT2D eigenvalue weighted by Gasteiger charge is 2.45. The Morgan fingerprint density at radius 1 is 0.277 bits per heavy atom. The first-order valence-electron chi connectivity index (χ1n) is 36.1. The molecule has 4 heteroatoms. The predicted octanol–water partition coefficient (Wildman–Crippen LogP) is 24.0. The van der Waals surface area contributed by atoms with Gasteiger partial charge >= 0.3 is 0 Å². The van der Waals surface area contributed by atoms with E-state index in [1.54, 1.807) is 0 Å². The van der Waals surface area contributed by atoms with Crippen LogP contribution in [0.1, 0.15) is 153 Å². The second-order valence-electron chi connectivity index (χ2n) is 26.9. The van der Waals surface area contributed by atoms with Gasteiger partial charge in [0.25, 0.3) is 6.71 Å². The van der Waals surface area contributed by atoms with E-state index in [9.17, 15) is 0 Å². The van der Waals surface area contributed by atoms with Gasteiger partial charge in [0.15, 0.2) is 0 Å². The van der Waals surface area contributed by atoms with Gasteiger partial charge in [0, 0.05) is 61.5 Å². The summed E-state index contributed by atoms with van der Waals surface area (Å²) in [4.78, 5) is 5.50. The highest BCUT2D eigenvalue weighted by Crippen LogP contribution is 2.53. The SMILES string of the molecule is CCCCCCc1ccc2c(c1)B1c3ccc(-n4c5ccc(CCCCCC)cc5c5cc(CCCCCC)ccc54)cc3N(c3c(-c4ccccc4)cccc3-c3ccccc3)c3cc(CCCCCC)cc(c31)N2c1c(-c2ccccc2)cccc1-c1ccccc1. The Labute approximate surface area is 561 Å². The lowest BCUT2D eigenvalue weighted by Crippen LogP contribution is -2.61. The van der Waals surface area contributed by atoms with Crippen LogP contribution in [0.3, 0.4) is 0 Å². The number of rotatable bonds is 27. The number of nitrogens with zero attached hydrogens (tertiary/aromatic N) is 3. The molecule has 0 unspecified atom stereocenters. The molecule has 0 amide bonds. The highest BCUT2D eigenvalue weighted by atomic mass is 15.2. The third-order valence-electron chi connectivity index (χ3n) is 20.5. The van der Waals surface area contributed by atoms with Crippen molar-refractivity contribution in [1.82, 2.24) is 4.57 Å². The molecule has 2 aliphatic rings. The zero-order chi connectivity index (χ0) is 63.7. The van der Waals surface area contributed by atoms with Crippen LogP contribution in [0, 0.1) is 0 Å². The Morgan fingerprint density at radius 2 is 0.660 bits per heavy atom. The molecule has 3 heterocycles. The molecule has 0 saturated heterocycles. The van der Waals surface area contributed by atoms with Gasteiger partial charge in [-0.15, -0.1) is 0 Å². The molecule has 1 aromatic heterocycles. The van der Waals surface area contributed by atoms with E-state index in [4.69, 9.17) is 0 Å². The summed E-state index contributed by atoms with van der Waals surface area (Å²) in [6.45, 7) is 9.21. The summed E-state index contributed by atoms with van der Waals surface area (Å²) in [7, 11) is 0. The highest BCUT2D eigenvalue weighted by molar-refractivity contribution is 7.00.